The summed E-state index contributed by atoms with van der Waals surface area (Å²) in [6.07, 6.45) is 1.55. The van der Waals surface area contributed by atoms with E-state index in [1.165, 1.54) is 0 Å². The number of benzene rings is 1. The molecule has 0 aromatic heterocycles. The average Bonchev–Trinajstić information content (AvgIpc) is 2.84. The van der Waals surface area contributed by atoms with Crippen LogP contribution >= 0.6 is 12.2 Å². The van der Waals surface area contributed by atoms with Gasteiger partial charge in [-0.25, -0.2) is 8.42 Å². The summed E-state index contributed by atoms with van der Waals surface area (Å²) in [6, 6.07) is 7.48. The van der Waals surface area contributed by atoms with Crippen LogP contribution in [0, 0.1) is 0 Å². The summed E-state index contributed by atoms with van der Waals surface area (Å²) in [7, 11) is -1.31. The Labute approximate surface area is 137 Å². The highest BCUT2D eigenvalue weighted by molar-refractivity contribution is 7.91. The SMILES string of the molecule is CCCN(C(=S)Nc1cccc(OC)c1)[C@H]1CCS(=O)(=O)C1. The van der Waals surface area contributed by atoms with Gasteiger partial charge in [-0.15, -0.1) is 0 Å². The second-order valence-electron chi connectivity index (χ2n) is 5.41. The minimum Gasteiger partial charge on any atom is -0.497 e. The fourth-order valence-corrected chi connectivity index (χ4v) is 4.70. The summed E-state index contributed by atoms with van der Waals surface area (Å²) in [6.45, 7) is 2.81. The lowest BCUT2D eigenvalue weighted by Gasteiger charge is -2.30. The summed E-state index contributed by atoms with van der Waals surface area (Å²) in [4.78, 5) is 2.00. The third kappa shape index (κ3) is 4.33. The number of sulfone groups is 1. The number of rotatable bonds is 5. The zero-order valence-electron chi connectivity index (χ0n) is 12.9. The molecule has 0 unspecified atom stereocenters. The molecule has 1 aliphatic rings. The molecule has 1 saturated heterocycles. The molecule has 1 aromatic carbocycles. The first-order chi connectivity index (χ1) is 10.4. The van der Waals surface area contributed by atoms with Crippen molar-refractivity contribution in [3.8, 4) is 5.75 Å². The fourth-order valence-electron chi connectivity index (χ4n) is 2.61. The van der Waals surface area contributed by atoms with E-state index in [1.807, 2.05) is 29.2 Å². The van der Waals surface area contributed by atoms with Crippen LogP contribution in [0.15, 0.2) is 24.3 Å². The number of methoxy groups -OCH3 is 1. The van der Waals surface area contributed by atoms with Gasteiger partial charge in [0, 0.05) is 24.3 Å². The first kappa shape index (κ1) is 17.0. The Morgan fingerprint density at radius 2 is 2.27 bits per heavy atom. The van der Waals surface area contributed by atoms with Gasteiger partial charge in [-0.05, 0) is 37.2 Å². The quantitative estimate of drug-likeness (QED) is 0.829. The Morgan fingerprint density at radius 3 is 2.86 bits per heavy atom. The number of anilines is 1. The first-order valence-electron chi connectivity index (χ1n) is 7.37. The van der Waals surface area contributed by atoms with E-state index in [2.05, 4.69) is 12.2 Å². The second kappa shape index (κ2) is 7.28. The molecule has 0 spiro atoms. The monoisotopic (exact) mass is 342 g/mol. The normalized spacial score (nSPS) is 19.6. The minimum atomic E-state index is -2.92. The van der Waals surface area contributed by atoms with Crippen LogP contribution in [0.3, 0.4) is 0 Å². The largest absolute Gasteiger partial charge is 0.497 e. The van der Waals surface area contributed by atoms with Crippen LogP contribution in [0.1, 0.15) is 19.8 Å². The van der Waals surface area contributed by atoms with Gasteiger partial charge in [0.25, 0.3) is 0 Å². The number of ether oxygens (including phenoxy) is 1. The van der Waals surface area contributed by atoms with Crippen molar-refractivity contribution in [1.29, 1.82) is 0 Å². The average molecular weight is 342 g/mol. The number of thiocarbonyl (C=S) groups is 1. The van der Waals surface area contributed by atoms with E-state index in [1.54, 1.807) is 7.11 Å². The molecule has 1 heterocycles. The first-order valence-corrected chi connectivity index (χ1v) is 9.60. The van der Waals surface area contributed by atoms with E-state index in [9.17, 15) is 8.42 Å². The molecular formula is C15H22N2O3S2. The molecule has 22 heavy (non-hydrogen) atoms. The van der Waals surface area contributed by atoms with Crippen molar-refractivity contribution in [3.63, 3.8) is 0 Å². The molecule has 1 aliphatic heterocycles. The van der Waals surface area contributed by atoms with Crippen LogP contribution in [0.25, 0.3) is 0 Å². The predicted molar refractivity (Wildman–Crippen MR) is 93.3 cm³/mol. The van der Waals surface area contributed by atoms with Crippen LogP contribution in [-0.4, -0.2) is 49.6 Å². The molecule has 0 radical (unpaired) electrons. The van der Waals surface area contributed by atoms with Gasteiger partial charge in [0.05, 0.1) is 18.6 Å². The lowest BCUT2D eigenvalue weighted by atomic mass is 10.2. The van der Waals surface area contributed by atoms with Gasteiger partial charge in [-0.3, -0.25) is 0 Å². The van der Waals surface area contributed by atoms with E-state index in [-0.39, 0.29) is 17.5 Å². The molecule has 1 aromatic rings. The maximum Gasteiger partial charge on any atom is 0.173 e. The third-order valence-electron chi connectivity index (χ3n) is 3.70. The summed E-state index contributed by atoms with van der Waals surface area (Å²) in [5.74, 6) is 1.19. The van der Waals surface area contributed by atoms with Gasteiger partial charge in [0.1, 0.15) is 5.75 Å². The summed E-state index contributed by atoms with van der Waals surface area (Å²) in [5, 5.41) is 3.76. The maximum absolute atomic E-state index is 11.7. The number of hydrogen-bond acceptors (Lipinski definition) is 4. The van der Waals surface area contributed by atoms with Gasteiger partial charge in [0.15, 0.2) is 14.9 Å². The molecule has 0 aliphatic carbocycles. The van der Waals surface area contributed by atoms with Crippen LogP contribution in [-0.2, 0) is 9.84 Å². The Kier molecular flexibility index (Phi) is 5.63. The second-order valence-corrected chi connectivity index (χ2v) is 8.03. The zero-order valence-corrected chi connectivity index (χ0v) is 14.5. The highest BCUT2D eigenvalue weighted by atomic mass is 32.2. The lowest BCUT2D eigenvalue weighted by Crippen LogP contribution is -2.43. The number of nitrogens with one attached hydrogen (secondary N) is 1. The van der Waals surface area contributed by atoms with E-state index >= 15 is 0 Å². The van der Waals surface area contributed by atoms with Crippen molar-refractivity contribution in [1.82, 2.24) is 4.90 Å². The maximum atomic E-state index is 11.7. The van der Waals surface area contributed by atoms with E-state index in [0.29, 0.717) is 11.5 Å². The van der Waals surface area contributed by atoms with Crippen LogP contribution in [0.2, 0.25) is 0 Å². The Morgan fingerprint density at radius 1 is 1.50 bits per heavy atom. The molecule has 1 fully saturated rings. The van der Waals surface area contributed by atoms with Crippen molar-refractivity contribution in [3.05, 3.63) is 24.3 Å². The Hall–Kier alpha value is -1.34. The highest BCUT2D eigenvalue weighted by Gasteiger charge is 2.33. The molecule has 0 saturated carbocycles. The summed E-state index contributed by atoms with van der Waals surface area (Å²) in [5.41, 5.74) is 0.839. The molecular weight excluding hydrogens is 320 g/mol. The molecule has 2 rings (SSSR count). The molecule has 1 atom stereocenters. The van der Waals surface area contributed by atoms with Gasteiger partial charge in [-0.1, -0.05) is 13.0 Å². The Bertz CT molecular complexity index is 631. The standard InChI is InChI=1S/C15H22N2O3S2/c1-3-8-17(13-7-9-22(18,19)11-13)15(21)16-12-5-4-6-14(10-12)20-2/h4-6,10,13H,3,7-9,11H2,1-2H3,(H,16,21)/t13-/m0/s1. The van der Waals surface area contributed by atoms with Crippen LogP contribution in [0.5, 0.6) is 5.75 Å². The predicted octanol–water partition coefficient (Wildman–Crippen LogP) is 2.29. The van der Waals surface area contributed by atoms with Gasteiger partial charge < -0.3 is 15.0 Å². The fraction of sp³-hybridized carbons (Fsp3) is 0.533. The Balaban J connectivity index is 2.09. The highest BCUT2D eigenvalue weighted by Crippen LogP contribution is 2.21. The minimum absolute atomic E-state index is 0.0319. The molecule has 0 amide bonds. The number of hydrogen-bond donors (Lipinski definition) is 1. The smallest absolute Gasteiger partial charge is 0.173 e. The van der Waals surface area contributed by atoms with Crippen molar-refractivity contribution in [2.45, 2.75) is 25.8 Å². The van der Waals surface area contributed by atoms with Crippen molar-refractivity contribution in [2.75, 3.05) is 30.5 Å². The summed E-state index contributed by atoms with van der Waals surface area (Å²) >= 11 is 5.49. The molecule has 122 valence electrons. The summed E-state index contributed by atoms with van der Waals surface area (Å²) < 4.78 is 28.6. The van der Waals surface area contributed by atoms with Crippen LogP contribution in [0.4, 0.5) is 5.69 Å². The topological polar surface area (TPSA) is 58.6 Å². The van der Waals surface area contributed by atoms with Gasteiger partial charge in [0.2, 0.25) is 0 Å². The van der Waals surface area contributed by atoms with E-state index in [0.717, 1.165) is 24.4 Å². The van der Waals surface area contributed by atoms with Crippen LogP contribution < -0.4 is 10.1 Å². The number of nitrogens with zero attached hydrogens (tertiary/aromatic N) is 1. The lowest BCUT2D eigenvalue weighted by molar-refractivity contribution is 0.339. The third-order valence-corrected chi connectivity index (χ3v) is 5.78. The van der Waals surface area contributed by atoms with Crippen molar-refractivity contribution >= 4 is 32.9 Å². The zero-order chi connectivity index (χ0) is 16.2. The van der Waals surface area contributed by atoms with Gasteiger partial charge >= 0.3 is 0 Å². The van der Waals surface area contributed by atoms with E-state index < -0.39 is 9.84 Å². The molecule has 0 bridgehead atoms. The van der Waals surface area contributed by atoms with Crippen molar-refractivity contribution in [2.24, 2.45) is 0 Å². The van der Waals surface area contributed by atoms with Crippen molar-refractivity contribution < 1.29 is 13.2 Å². The molecule has 5 nitrogen and oxygen atoms in total. The van der Waals surface area contributed by atoms with Gasteiger partial charge in [-0.2, -0.15) is 0 Å². The molecule has 7 heteroatoms. The molecule has 1 N–H and O–H groups in total. The van der Waals surface area contributed by atoms with E-state index in [4.69, 9.17) is 17.0 Å².